The first-order valence-electron chi connectivity index (χ1n) is 8.92. The lowest BCUT2D eigenvalue weighted by Gasteiger charge is -2.12. The molecule has 0 saturated heterocycles. The largest absolute Gasteiger partial charge is 0.486 e. The van der Waals surface area contributed by atoms with Crippen LogP contribution in [0.4, 0.5) is 0 Å². The van der Waals surface area contributed by atoms with Crippen LogP contribution in [0.25, 0.3) is 0 Å². The Kier molecular flexibility index (Phi) is 5.35. The Morgan fingerprint density at radius 1 is 1.22 bits per heavy atom. The Balaban J connectivity index is 1.61. The van der Waals surface area contributed by atoms with E-state index in [9.17, 15) is 4.79 Å². The first kappa shape index (κ1) is 18.8. The van der Waals surface area contributed by atoms with Crippen molar-refractivity contribution in [2.45, 2.75) is 40.3 Å². The molecule has 1 N–H and O–H groups in total. The average molecular weight is 367 g/mol. The Morgan fingerprint density at radius 2 is 1.93 bits per heavy atom. The maximum atomic E-state index is 12.5. The molecule has 3 rings (SSSR count). The molecule has 1 atom stereocenters. The molecular weight excluding hydrogens is 342 g/mol. The molecular formula is C21H25N3O3. The van der Waals surface area contributed by atoms with Crippen LogP contribution in [-0.4, -0.2) is 15.7 Å². The average Bonchev–Trinajstić information content (AvgIpc) is 3.20. The third kappa shape index (κ3) is 4.39. The topological polar surface area (TPSA) is 69.3 Å². The second-order valence-electron chi connectivity index (χ2n) is 6.88. The van der Waals surface area contributed by atoms with Crippen LogP contribution in [0.5, 0.6) is 5.75 Å². The third-order valence-corrected chi connectivity index (χ3v) is 4.55. The van der Waals surface area contributed by atoms with Gasteiger partial charge in [-0.3, -0.25) is 9.48 Å². The van der Waals surface area contributed by atoms with Gasteiger partial charge in [0.2, 0.25) is 0 Å². The number of hydrogen-bond donors (Lipinski definition) is 1. The van der Waals surface area contributed by atoms with Gasteiger partial charge in [-0.2, -0.15) is 5.10 Å². The molecule has 0 radical (unpaired) electrons. The number of nitrogens with one attached hydrogen (secondary N) is 1. The summed E-state index contributed by atoms with van der Waals surface area (Å²) in [6.45, 7) is 8.23. The van der Waals surface area contributed by atoms with E-state index in [-0.39, 0.29) is 24.3 Å². The van der Waals surface area contributed by atoms with Crippen molar-refractivity contribution in [3.8, 4) is 5.75 Å². The summed E-state index contributed by atoms with van der Waals surface area (Å²) in [4.78, 5) is 12.5. The predicted octanol–water partition coefficient (Wildman–Crippen LogP) is 4.01. The fraction of sp³-hybridized carbons (Fsp3) is 0.333. The molecule has 0 aliphatic heterocycles. The van der Waals surface area contributed by atoms with Crippen LogP contribution < -0.4 is 10.1 Å². The van der Waals surface area contributed by atoms with Crippen molar-refractivity contribution in [3.05, 3.63) is 70.4 Å². The second kappa shape index (κ2) is 7.70. The summed E-state index contributed by atoms with van der Waals surface area (Å²) in [6, 6.07) is 9.30. The number of benzene rings is 1. The summed E-state index contributed by atoms with van der Waals surface area (Å²) in [5.41, 5.74) is 4.29. The van der Waals surface area contributed by atoms with Crippen molar-refractivity contribution in [2.24, 2.45) is 7.05 Å². The van der Waals surface area contributed by atoms with E-state index in [2.05, 4.69) is 16.5 Å². The molecule has 3 aromatic rings. The predicted molar refractivity (Wildman–Crippen MR) is 103 cm³/mol. The number of nitrogens with zero attached hydrogens (tertiary/aromatic N) is 2. The van der Waals surface area contributed by atoms with Gasteiger partial charge in [0.05, 0.1) is 12.2 Å². The molecule has 1 amide bonds. The number of rotatable bonds is 6. The Hall–Kier alpha value is -3.02. The summed E-state index contributed by atoms with van der Waals surface area (Å²) in [5.74, 6) is 1.39. The summed E-state index contributed by atoms with van der Waals surface area (Å²) < 4.78 is 13.2. The van der Waals surface area contributed by atoms with Crippen LogP contribution in [0.3, 0.4) is 0 Å². The van der Waals surface area contributed by atoms with E-state index in [1.54, 1.807) is 23.0 Å². The molecule has 0 fully saturated rings. The van der Waals surface area contributed by atoms with Gasteiger partial charge in [-0.25, -0.2) is 0 Å². The molecule has 0 bridgehead atoms. The number of amides is 1. The molecule has 1 aromatic carbocycles. The van der Waals surface area contributed by atoms with Crippen molar-refractivity contribution in [3.63, 3.8) is 0 Å². The van der Waals surface area contributed by atoms with Crippen molar-refractivity contribution in [2.75, 3.05) is 0 Å². The van der Waals surface area contributed by atoms with Gasteiger partial charge in [0.15, 0.2) is 5.76 Å². The molecule has 6 nitrogen and oxygen atoms in total. The molecule has 142 valence electrons. The fourth-order valence-electron chi connectivity index (χ4n) is 3.03. The highest BCUT2D eigenvalue weighted by Gasteiger charge is 2.18. The van der Waals surface area contributed by atoms with E-state index < -0.39 is 0 Å². The zero-order valence-electron chi connectivity index (χ0n) is 16.4. The van der Waals surface area contributed by atoms with E-state index in [0.29, 0.717) is 5.76 Å². The maximum Gasteiger partial charge on any atom is 0.287 e. The monoisotopic (exact) mass is 367 g/mol. The number of ether oxygens (including phenoxy) is 1. The van der Waals surface area contributed by atoms with Gasteiger partial charge in [-0.15, -0.1) is 0 Å². The van der Waals surface area contributed by atoms with E-state index in [0.717, 1.165) is 28.1 Å². The Bertz CT molecular complexity index is 935. The summed E-state index contributed by atoms with van der Waals surface area (Å²) in [7, 11) is 1.88. The lowest BCUT2D eigenvalue weighted by molar-refractivity contribution is 0.0907. The van der Waals surface area contributed by atoms with Gasteiger partial charge in [-0.1, -0.05) is 6.07 Å². The van der Waals surface area contributed by atoms with Crippen LogP contribution >= 0.6 is 0 Å². The van der Waals surface area contributed by atoms with Gasteiger partial charge < -0.3 is 14.5 Å². The SMILES string of the molecule is Cc1cc(C)cc(OCc2ccc(C(=O)NC(C)c3cnn(C)c3C)o2)c1. The molecule has 0 aliphatic rings. The summed E-state index contributed by atoms with van der Waals surface area (Å²) in [6.07, 6.45) is 1.77. The molecule has 27 heavy (non-hydrogen) atoms. The minimum absolute atomic E-state index is 0.161. The number of furan rings is 1. The van der Waals surface area contributed by atoms with Gasteiger partial charge in [0, 0.05) is 18.3 Å². The second-order valence-corrected chi connectivity index (χ2v) is 6.88. The highest BCUT2D eigenvalue weighted by atomic mass is 16.5. The van der Waals surface area contributed by atoms with Gasteiger partial charge >= 0.3 is 0 Å². The molecule has 6 heteroatoms. The number of carbonyl (C=O) groups excluding carboxylic acids is 1. The zero-order chi connectivity index (χ0) is 19.6. The number of aryl methyl sites for hydroxylation is 3. The standard InChI is InChI=1S/C21H25N3O3/c1-13-8-14(2)10-18(9-13)26-12-17-6-7-20(27-17)21(25)23-15(3)19-11-22-24(5)16(19)4/h6-11,15H,12H2,1-5H3,(H,23,25). The van der Waals surface area contributed by atoms with E-state index in [4.69, 9.17) is 9.15 Å². The maximum absolute atomic E-state index is 12.5. The minimum Gasteiger partial charge on any atom is -0.486 e. The minimum atomic E-state index is -0.261. The first-order valence-corrected chi connectivity index (χ1v) is 8.92. The highest BCUT2D eigenvalue weighted by Crippen LogP contribution is 2.20. The van der Waals surface area contributed by atoms with Crippen molar-refractivity contribution in [1.82, 2.24) is 15.1 Å². The van der Waals surface area contributed by atoms with Crippen LogP contribution in [0.1, 0.15) is 51.7 Å². The number of carbonyl (C=O) groups is 1. The zero-order valence-corrected chi connectivity index (χ0v) is 16.4. The number of aromatic nitrogens is 2. The van der Waals surface area contributed by atoms with Crippen molar-refractivity contribution < 1.29 is 13.9 Å². The van der Waals surface area contributed by atoms with E-state index in [1.165, 1.54) is 0 Å². The van der Waals surface area contributed by atoms with Gasteiger partial charge in [0.1, 0.15) is 18.1 Å². The van der Waals surface area contributed by atoms with Gasteiger partial charge in [0.25, 0.3) is 5.91 Å². The fourth-order valence-corrected chi connectivity index (χ4v) is 3.03. The van der Waals surface area contributed by atoms with Gasteiger partial charge in [-0.05, 0) is 63.1 Å². The van der Waals surface area contributed by atoms with Crippen LogP contribution in [0, 0.1) is 20.8 Å². The molecule has 0 spiro atoms. The van der Waals surface area contributed by atoms with Crippen molar-refractivity contribution >= 4 is 5.91 Å². The quantitative estimate of drug-likeness (QED) is 0.715. The molecule has 1 unspecified atom stereocenters. The summed E-state index contributed by atoms with van der Waals surface area (Å²) >= 11 is 0. The first-order chi connectivity index (χ1) is 12.8. The Morgan fingerprint density at radius 3 is 2.56 bits per heavy atom. The Labute approximate surface area is 159 Å². The van der Waals surface area contributed by atoms with E-state index >= 15 is 0 Å². The third-order valence-electron chi connectivity index (χ3n) is 4.55. The normalized spacial score (nSPS) is 12.0. The summed E-state index contributed by atoms with van der Waals surface area (Å²) in [5, 5.41) is 7.15. The lowest BCUT2D eigenvalue weighted by Crippen LogP contribution is -2.26. The van der Waals surface area contributed by atoms with E-state index in [1.807, 2.05) is 46.9 Å². The number of hydrogen-bond acceptors (Lipinski definition) is 4. The molecule has 0 saturated carbocycles. The lowest BCUT2D eigenvalue weighted by atomic mass is 10.1. The van der Waals surface area contributed by atoms with Crippen LogP contribution in [0.2, 0.25) is 0 Å². The molecule has 2 aromatic heterocycles. The van der Waals surface area contributed by atoms with Crippen molar-refractivity contribution in [1.29, 1.82) is 0 Å². The molecule has 2 heterocycles. The van der Waals surface area contributed by atoms with Crippen LogP contribution in [-0.2, 0) is 13.7 Å². The molecule has 0 aliphatic carbocycles. The smallest absolute Gasteiger partial charge is 0.287 e. The highest BCUT2D eigenvalue weighted by molar-refractivity contribution is 5.91. The van der Waals surface area contributed by atoms with Crippen LogP contribution in [0.15, 0.2) is 40.9 Å².